The van der Waals surface area contributed by atoms with Gasteiger partial charge in [-0.2, -0.15) is 0 Å². The van der Waals surface area contributed by atoms with E-state index in [2.05, 4.69) is 23.5 Å². The van der Waals surface area contributed by atoms with Crippen LogP contribution in [0.3, 0.4) is 0 Å². The van der Waals surface area contributed by atoms with Gasteiger partial charge in [-0.25, -0.2) is 0 Å². The second kappa shape index (κ2) is 8.65. The Kier molecular flexibility index (Phi) is 5.34. The van der Waals surface area contributed by atoms with E-state index in [-0.39, 0.29) is 17.2 Å². The molecule has 1 N–H and O–H groups in total. The Morgan fingerprint density at radius 3 is 2.56 bits per heavy atom. The number of rotatable bonds is 4. The minimum absolute atomic E-state index is 0.0604. The second-order valence-electron chi connectivity index (χ2n) is 8.84. The van der Waals surface area contributed by atoms with Crippen molar-refractivity contribution in [3.63, 3.8) is 0 Å². The number of aryl methyl sites for hydroxylation is 2. The number of nitrogens with one attached hydrogen (secondary N) is 1. The lowest BCUT2D eigenvalue weighted by molar-refractivity contribution is -0.115. The van der Waals surface area contributed by atoms with Gasteiger partial charge in [-0.1, -0.05) is 54.6 Å². The van der Waals surface area contributed by atoms with Gasteiger partial charge in [-0.05, 0) is 77.1 Å². The monoisotopic (exact) mass is 464 g/mol. The van der Waals surface area contributed by atoms with Crippen LogP contribution in [0, 0.1) is 0 Å². The molecule has 168 valence electrons. The molecule has 1 aliphatic heterocycles. The summed E-state index contributed by atoms with van der Waals surface area (Å²) in [6.07, 6.45) is 3.42. The number of carbonyl (C=O) groups is 2. The zero-order valence-corrected chi connectivity index (χ0v) is 19.5. The zero-order valence-electron chi connectivity index (χ0n) is 18.7. The summed E-state index contributed by atoms with van der Waals surface area (Å²) in [5.74, 6) is 0.484. The summed E-state index contributed by atoms with van der Waals surface area (Å²) in [6, 6.07) is 28.0. The third-order valence-electron chi connectivity index (χ3n) is 6.72. The molecule has 5 heteroatoms. The van der Waals surface area contributed by atoms with E-state index in [4.69, 9.17) is 0 Å². The average molecular weight is 465 g/mol. The van der Waals surface area contributed by atoms with Crippen LogP contribution in [0.5, 0.6) is 0 Å². The largest absolute Gasteiger partial charge is 0.322 e. The first-order valence-electron chi connectivity index (χ1n) is 11.6. The van der Waals surface area contributed by atoms with Crippen LogP contribution in [0.2, 0.25) is 0 Å². The molecular weight excluding hydrogens is 440 g/mol. The van der Waals surface area contributed by atoms with Crippen LogP contribution in [-0.4, -0.2) is 17.6 Å². The van der Waals surface area contributed by atoms with Gasteiger partial charge in [0.15, 0.2) is 0 Å². The molecule has 0 aromatic heterocycles. The minimum Gasteiger partial charge on any atom is -0.322 e. The predicted octanol–water partition coefficient (Wildman–Crippen LogP) is 6.36. The fraction of sp³-hybridized carbons (Fsp3) is 0.172. The number of hydrogen-bond acceptors (Lipinski definition) is 3. The molecule has 4 aromatic rings. The Hall–Kier alpha value is -3.57. The van der Waals surface area contributed by atoms with Gasteiger partial charge in [-0.3, -0.25) is 14.5 Å². The summed E-state index contributed by atoms with van der Waals surface area (Å²) in [6.45, 7) is 0. The Labute approximate surface area is 203 Å². The van der Waals surface area contributed by atoms with Gasteiger partial charge in [0.2, 0.25) is 5.91 Å². The fourth-order valence-electron chi connectivity index (χ4n) is 5.01. The molecule has 0 saturated carbocycles. The van der Waals surface area contributed by atoms with Crippen molar-refractivity contribution in [3.05, 3.63) is 107 Å². The molecule has 1 saturated heterocycles. The first kappa shape index (κ1) is 21.0. The summed E-state index contributed by atoms with van der Waals surface area (Å²) in [5.41, 5.74) is 6.20. The highest BCUT2D eigenvalue weighted by molar-refractivity contribution is 8.00. The molecule has 2 amide bonds. The molecule has 0 bridgehead atoms. The maximum atomic E-state index is 13.0. The number of nitrogens with zero attached hydrogens (tertiary/aromatic N) is 1. The van der Waals surface area contributed by atoms with Crippen LogP contribution in [-0.2, 0) is 17.6 Å². The summed E-state index contributed by atoms with van der Waals surface area (Å²) >= 11 is 1.65. The third-order valence-corrected chi connectivity index (χ3v) is 7.93. The molecule has 4 aromatic carbocycles. The Morgan fingerprint density at radius 1 is 0.882 bits per heavy atom. The normalized spacial score (nSPS) is 17.2. The number of hydrogen-bond donors (Lipinski definition) is 1. The number of fused-ring (bicyclic) bond motifs is 2. The van der Waals surface area contributed by atoms with Gasteiger partial charge in [0.1, 0.15) is 5.37 Å². The van der Waals surface area contributed by atoms with E-state index in [1.807, 2.05) is 71.6 Å². The fourth-order valence-corrected chi connectivity index (χ4v) is 6.19. The standard InChI is InChI=1S/C29H24N2O2S/c32-27-18-34-29(31(27)24-16-13-19-6-3-8-22(19)17-24)21-11-14-23(15-12-21)30-28(33)26-10-4-7-20-5-1-2-9-25(20)26/h1-2,4-5,7,9-17,29H,3,6,8,18H2,(H,30,33)/t29-/m1/s1. The minimum atomic E-state index is -0.130. The second-order valence-corrected chi connectivity index (χ2v) is 9.91. The number of anilines is 2. The first-order valence-corrected chi connectivity index (χ1v) is 12.7. The van der Waals surface area contributed by atoms with Crippen LogP contribution in [0.25, 0.3) is 10.8 Å². The molecule has 4 nitrogen and oxygen atoms in total. The van der Waals surface area contributed by atoms with E-state index in [0.717, 1.165) is 40.6 Å². The molecule has 1 fully saturated rings. The molecule has 1 aliphatic carbocycles. The van der Waals surface area contributed by atoms with Gasteiger partial charge in [0.25, 0.3) is 5.91 Å². The highest BCUT2D eigenvalue weighted by Crippen LogP contribution is 2.43. The molecule has 0 unspecified atom stereocenters. The molecular formula is C29H24N2O2S. The van der Waals surface area contributed by atoms with E-state index in [1.165, 1.54) is 17.5 Å². The molecule has 1 heterocycles. The summed E-state index contributed by atoms with van der Waals surface area (Å²) in [4.78, 5) is 27.7. The van der Waals surface area contributed by atoms with E-state index < -0.39 is 0 Å². The number of thioether (sulfide) groups is 1. The van der Waals surface area contributed by atoms with Crippen molar-refractivity contribution in [2.24, 2.45) is 0 Å². The lowest BCUT2D eigenvalue weighted by Gasteiger charge is -2.25. The molecule has 2 aliphatic rings. The smallest absolute Gasteiger partial charge is 0.256 e. The van der Waals surface area contributed by atoms with E-state index in [1.54, 1.807) is 11.8 Å². The number of carbonyl (C=O) groups excluding carboxylic acids is 2. The van der Waals surface area contributed by atoms with Crippen molar-refractivity contribution in [1.29, 1.82) is 0 Å². The lowest BCUT2D eigenvalue weighted by atomic mass is 10.0. The average Bonchev–Trinajstić information content (AvgIpc) is 3.50. The van der Waals surface area contributed by atoms with Crippen molar-refractivity contribution >= 4 is 45.7 Å². The molecule has 6 rings (SSSR count). The first-order chi connectivity index (χ1) is 16.7. The van der Waals surface area contributed by atoms with Gasteiger partial charge in [0, 0.05) is 16.9 Å². The maximum absolute atomic E-state index is 13.0. The molecule has 34 heavy (non-hydrogen) atoms. The quantitative estimate of drug-likeness (QED) is 0.382. The van der Waals surface area contributed by atoms with Crippen LogP contribution in [0.1, 0.15) is 38.8 Å². The van der Waals surface area contributed by atoms with E-state index >= 15 is 0 Å². The summed E-state index contributed by atoms with van der Waals surface area (Å²) in [5, 5.41) is 4.94. The Balaban J connectivity index is 1.23. The number of benzene rings is 4. The van der Waals surface area contributed by atoms with Crippen LogP contribution in [0.15, 0.2) is 84.9 Å². The van der Waals surface area contributed by atoms with Gasteiger partial charge >= 0.3 is 0 Å². The zero-order chi connectivity index (χ0) is 23.1. The van der Waals surface area contributed by atoms with Crippen molar-refractivity contribution in [2.45, 2.75) is 24.6 Å². The Bertz CT molecular complexity index is 1410. The van der Waals surface area contributed by atoms with E-state index in [0.29, 0.717) is 11.3 Å². The maximum Gasteiger partial charge on any atom is 0.256 e. The summed E-state index contributed by atoms with van der Waals surface area (Å²) in [7, 11) is 0. The molecule has 0 spiro atoms. The Morgan fingerprint density at radius 2 is 1.68 bits per heavy atom. The van der Waals surface area contributed by atoms with Crippen molar-refractivity contribution in [2.75, 3.05) is 16.0 Å². The van der Waals surface area contributed by atoms with Gasteiger partial charge < -0.3 is 5.32 Å². The van der Waals surface area contributed by atoms with Crippen LogP contribution < -0.4 is 10.2 Å². The topological polar surface area (TPSA) is 49.4 Å². The lowest BCUT2D eigenvalue weighted by Crippen LogP contribution is -2.27. The highest BCUT2D eigenvalue weighted by Gasteiger charge is 2.34. The predicted molar refractivity (Wildman–Crippen MR) is 139 cm³/mol. The molecule has 1 atom stereocenters. The molecule has 0 radical (unpaired) electrons. The van der Waals surface area contributed by atoms with Gasteiger partial charge in [0.05, 0.1) is 5.75 Å². The SMILES string of the molecule is O=C(Nc1ccc([C@H]2SCC(=O)N2c2ccc3c(c2)CCC3)cc1)c1cccc2ccccc12. The van der Waals surface area contributed by atoms with Crippen molar-refractivity contribution < 1.29 is 9.59 Å². The van der Waals surface area contributed by atoms with Crippen LogP contribution in [0.4, 0.5) is 11.4 Å². The van der Waals surface area contributed by atoms with Crippen LogP contribution >= 0.6 is 11.8 Å². The number of amides is 2. The van der Waals surface area contributed by atoms with Gasteiger partial charge in [-0.15, -0.1) is 11.8 Å². The third kappa shape index (κ3) is 3.76. The van der Waals surface area contributed by atoms with E-state index in [9.17, 15) is 9.59 Å². The highest BCUT2D eigenvalue weighted by atomic mass is 32.2. The van der Waals surface area contributed by atoms with Crippen molar-refractivity contribution in [3.8, 4) is 0 Å². The summed E-state index contributed by atoms with van der Waals surface area (Å²) < 4.78 is 0. The van der Waals surface area contributed by atoms with Crippen molar-refractivity contribution in [1.82, 2.24) is 0 Å².